The van der Waals surface area contributed by atoms with E-state index in [0.717, 1.165) is 4.57 Å². The molecular weight excluding hydrogens is 257 g/mol. The number of anilines is 1. The molecule has 0 radical (unpaired) electrons. The first kappa shape index (κ1) is 13.9. The summed E-state index contributed by atoms with van der Waals surface area (Å²) in [6, 6.07) is 1.40. The van der Waals surface area contributed by atoms with Gasteiger partial charge in [-0.15, -0.1) is 0 Å². The molecular formula is C11H16FN3O4. The zero-order chi connectivity index (χ0) is 14.2. The Morgan fingerprint density at radius 3 is 2.95 bits per heavy atom. The molecule has 1 saturated heterocycles. The maximum absolute atomic E-state index is 13.6. The molecule has 2 rings (SSSR count). The highest BCUT2D eigenvalue weighted by molar-refractivity contribution is 5.23. The summed E-state index contributed by atoms with van der Waals surface area (Å²) in [5.74, 6) is 0.0621. The monoisotopic (exact) mass is 273 g/mol. The molecule has 0 aromatic carbocycles. The van der Waals surface area contributed by atoms with E-state index >= 15 is 0 Å². The number of aliphatic hydroxyl groups is 2. The molecule has 0 spiro atoms. The Morgan fingerprint density at radius 1 is 1.79 bits per heavy atom. The fraction of sp³-hybridized carbons (Fsp3) is 0.636. The van der Waals surface area contributed by atoms with Gasteiger partial charge in [-0.05, 0) is 13.0 Å². The molecule has 106 valence electrons. The Bertz CT molecular complexity index is 521. The summed E-state index contributed by atoms with van der Waals surface area (Å²) in [6.07, 6.45) is -2.35. The van der Waals surface area contributed by atoms with Crippen molar-refractivity contribution in [1.82, 2.24) is 9.55 Å². The van der Waals surface area contributed by atoms with Gasteiger partial charge in [-0.25, -0.2) is 9.18 Å². The predicted octanol–water partition coefficient (Wildman–Crippen LogP) is -0.806. The van der Waals surface area contributed by atoms with Crippen LogP contribution in [-0.4, -0.2) is 44.2 Å². The summed E-state index contributed by atoms with van der Waals surface area (Å²) < 4.78 is 20.1. The van der Waals surface area contributed by atoms with Crippen LogP contribution in [-0.2, 0) is 4.74 Å². The van der Waals surface area contributed by atoms with Crippen molar-refractivity contribution < 1.29 is 19.3 Å². The van der Waals surface area contributed by atoms with E-state index in [2.05, 4.69) is 4.98 Å². The average molecular weight is 273 g/mol. The fourth-order valence-electron chi connectivity index (χ4n) is 2.21. The van der Waals surface area contributed by atoms with E-state index in [1.165, 1.54) is 19.2 Å². The predicted molar refractivity (Wildman–Crippen MR) is 64.0 cm³/mol. The van der Waals surface area contributed by atoms with Gasteiger partial charge in [0.05, 0.1) is 12.7 Å². The van der Waals surface area contributed by atoms with Crippen molar-refractivity contribution in [1.29, 1.82) is 0 Å². The molecule has 2 heterocycles. The number of alkyl halides is 1. The van der Waals surface area contributed by atoms with Gasteiger partial charge in [0.1, 0.15) is 18.2 Å². The molecule has 0 aliphatic carbocycles. The van der Waals surface area contributed by atoms with Gasteiger partial charge in [0.2, 0.25) is 0 Å². The Hall–Kier alpha value is -1.51. The van der Waals surface area contributed by atoms with E-state index < -0.39 is 36.4 Å². The van der Waals surface area contributed by atoms with Crippen molar-refractivity contribution in [3.05, 3.63) is 22.7 Å². The number of ether oxygens (including phenoxy) is 1. The molecule has 1 aromatic heterocycles. The zero-order valence-corrected chi connectivity index (χ0v) is 10.4. The highest BCUT2D eigenvalue weighted by Gasteiger charge is 2.52. The van der Waals surface area contributed by atoms with E-state index in [9.17, 15) is 19.4 Å². The van der Waals surface area contributed by atoms with Gasteiger partial charge in [-0.2, -0.15) is 4.98 Å². The van der Waals surface area contributed by atoms with Crippen LogP contribution in [0.2, 0.25) is 0 Å². The largest absolute Gasteiger partial charge is 0.393 e. The van der Waals surface area contributed by atoms with Crippen molar-refractivity contribution >= 4 is 5.82 Å². The number of nitrogens with two attached hydrogens (primary N) is 1. The third kappa shape index (κ3) is 2.22. The van der Waals surface area contributed by atoms with Crippen LogP contribution in [0.5, 0.6) is 0 Å². The van der Waals surface area contributed by atoms with Crippen LogP contribution in [0.4, 0.5) is 10.2 Å². The lowest BCUT2D eigenvalue weighted by molar-refractivity contribution is -0.161. The lowest BCUT2D eigenvalue weighted by Crippen LogP contribution is -2.50. The molecule has 19 heavy (non-hydrogen) atoms. The maximum Gasteiger partial charge on any atom is 0.351 e. The highest BCUT2D eigenvalue weighted by atomic mass is 19.1. The van der Waals surface area contributed by atoms with E-state index in [0.29, 0.717) is 0 Å². The summed E-state index contributed by atoms with van der Waals surface area (Å²) in [6.45, 7) is 0.505. The molecule has 1 fully saturated rings. The molecule has 7 nitrogen and oxygen atoms in total. The summed E-state index contributed by atoms with van der Waals surface area (Å²) >= 11 is 0. The second-order valence-corrected chi connectivity index (χ2v) is 4.60. The van der Waals surface area contributed by atoms with E-state index in [1.807, 2.05) is 0 Å². The Labute approximate surface area is 108 Å². The van der Waals surface area contributed by atoms with Crippen molar-refractivity contribution in [2.24, 2.45) is 0 Å². The van der Waals surface area contributed by atoms with Crippen molar-refractivity contribution in [3.8, 4) is 0 Å². The van der Waals surface area contributed by atoms with Crippen molar-refractivity contribution in [2.45, 2.75) is 37.4 Å². The van der Waals surface area contributed by atoms with Crippen LogP contribution < -0.4 is 11.4 Å². The second-order valence-electron chi connectivity index (χ2n) is 4.60. The molecule has 1 aliphatic rings. The van der Waals surface area contributed by atoms with Crippen LogP contribution in [0.1, 0.15) is 19.6 Å². The SMILES string of the molecule is CC(F)[C@]1(CO)O[C@@H](n2ccc(N)nc2=O)C[C@@H]1O. The minimum Gasteiger partial charge on any atom is -0.393 e. The Morgan fingerprint density at radius 2 is 2.47 bits per heavy atom. The number of nitrogens with zero attached hydrogens (tertiary/aromatic N) is 2. The first-order chi connectivity index (χ1) is 8.90. The second kappa shape index (κ2) is 4.87. The van der Waals surface area contributed by atoms with E-state index in [1.54, 1.807) is 0 Å². The van der Waals surface area contributed by atoms with Crippen molar-refractivity contribution in [3.63, 3.8) is 0 Å². The molecule has 0 saturated carbocycles. The molecule has 1 aliphatic heterocycles. The first-order valence-corrected chi connectivity index (χ1v) is 5.86. The first-order valence-electron chi connectivity index (χ1n) is 5.86. The molecule has 4 atom stereocenters. The van der Waals surface area contributed by atoms with Crippen molar-refractivity contribution in [2.75, 3.05) is 12.3 Å². The number of hydrogen-bond donors (Lipinski definition) is 3. The van der Waals surface area contributed by atoms with Crippen LogP contribution in [0.15, 0.2) is 17.1 Å². The Balaban J connectivity index is 2.33. The summed E-state index contributed by atoms with van der Waals surface area (Å²) in [7, 11) is 0. The minimum atomic E-state index is -1.72. The molecule has 1 aromatic rings. The zero-order valence-electron chi connectivity index (χ0n) is 10.4. The van der Waals surface area contributed by atoms with Crippen LogP contribution in [0.25, 0.3) is 0 Å². The normalized spacial score (nSPS) is 32.4. The topological polar surface area (TPSA) is 111 Å². The molecule has 0 amide bonds. The van der Waals surface area contributed by atoms with Gasteiger partial charge in [0, 0.05) is 12.6 Å². The molecule has 4 N–H and O–H groups in total. The van der Waals surface area contributed by atoms with Gasteiger partial charge < -0.3 is 20.7 Å². The third-order valence-corrected chi connectivity index (χ3v) is 3.43. The van der Waals surface area contributed by atoms with E-state index in [-0.39, 0.29) is 12.2 Å². The number of halogens is 1. The molecule has 1 unspecified atom stereocenters. The lowest BCUT2D eigenvalue weighted by atomic mass is 9.93. The smallest absolute Gasteiger partial charge is 0.351 e. The van der Waals surface area contributed by atoms with Crippen LogP contribution >= 0.6 is 0 Å². The van der Waals surface area contributed by atoms with Gasteiger partial charge in [0.15, 0.2) is 5.60 Å². The Kier molecular flexibility index (Phi) is 3.57. The highest BCUT2D eigenvalue weighted by Crippen LogP contribution is 2.39. The number of nitrogen functional groups attached to an aromatic ring is 1. The van der Waals surface area contributed by atoms with Gasteiger partial charge in [-0.3, -0.25) is 4.57 Å². The van der Waals surface area contributed by atoms with Gasteiger partial charge in [0.25, 0.3) is 0 Å². The number of hydrogen-bond acceptors (Lipinski definition) is 6. The minimum absolute atomic E-state index is 0.0136. The standard InChI is InChI=1S/C11H16FN3O4/c1-6(12)11(5-16)7(17)4-9(19-11)15-3-2-8(13)14-10(15)18/h2-3,6-7,9,16-17H,4-5H2,1H3,(H2,13,14,18)/t6?,7-,9+,11-/m0/s1. The average Bonchev–Trinajstić information content (AvgIpc) is 2.67. The summed E-state index contributed by atoms with van der Waals surface area (Å²) in [5.41, 5.74) is 2.99. The van der Waals surface area contributed by atoms with Crippen LogP contribution in [0.3, 0.4) is 0 Å². The number of aliphatic hydroxyl groups excluding tert-OH is 2. The third-order valence-electron chi connectivity index (χ3n) is 3.43. The molecule has 8 heteroatoms. The van der Waals surface area contributed by atoms with Gasteiger partial charge in [-0.1, -0.05) is 0 Å². The van der Waals surface area contributed by atoms with Crippen LogP contribution in [0, 0.1) is 0 Å². The summed E-state index contributed by atoms with van der Waals surface area (Å²) in [4.78, 5) is 15.2. The number of rotatable bonds is 3. The van der Waals surface area contributed by atoms with Gasteiger partial charge >= 0.3 is 5.69 Å². The quantitative estimate of drug-likeness (QED) is 0.664. The van der Waals surface area contributed by atoms with E-state index in [4.69, 9.17) is 10.5 Å². The lowest BCUT2D eigenvalue weighted by Gasteiger charge is -2.31. The summed E-state index contributed by atoms with van der Waals surface area (Å²) in [5, 5.41) is 19.2. The molecule has 0 bridgehead atoms. The maximum atomic E-state index is 13.6. The fourth-order valence-corrected chi connectivity index (χ4v) is 2.21. The number of aromatic nitrogens is 2.